The van der Waals surface area contributed by atoms with Gasteiger partial charge in [-0.3, -0.25) is 4.55 Å². The molecule has 0 aliphatic carbocycles. The first-order valence-corrected chi connectivity index (χ1v) is 13.1. The zero-order valence-electron chi connectivity index (χ0n) is 17.5. The zero-order valence-corrected chi connectivity index (χ0v) is 20.3. The predicted molar refractivity (Wildman–Crippen MR) is 114 cm³/mol. The molecular formula is C20H39NaO5S. The number of carbonyl (C=O) groups is 1. The summed E-state index contributed by atoms with van der Waals surface area (Å²) in [5, 5.41) is 7.86. The summed E-state index contributed by atoms with van der Waals surface area (Å²) >= 11 is 0.742. The van der Waals surface area contributed by atoms with Gasteiger partial charge in [-0.2, -0.15) is 8.42 Å². The molecule has 0 aliphatic heterocycles. The van der Waals surface area contributed by atoms with Gasteiger partial charge in [-0.25, -0.2) is 0 Å². The van der Waals surface area contributed by atoms with Crippen molar-refractivity contribution in [3.8, 4) is 0 Å². The summed E-state index contributed by atoms with van der Waals surface area (Å²) in [6.07, 6.45) is 22.8. The predicted octanol–water partition coefficient (Wildman–Crippen LogP) is 4.59. The molecule has 0 amide bonds. The Morgan fingerprint density at radius 2 is 1.30 bits per heavy atom. The Kier molecular flexibility index (Phi) is 24.6. The monoisotopic (exact) mass is 414 g/mol. The summed E-state index contributed by atoms with van der Waals surface area (Å²) in [7, 11) is -3.92. The Morgan fingerprint density at radius 1 is 0.852 bits per heavy atom. The maximum absolute atomic E-state index is 10.8. The second kappa shape index (κ2) is 22.6. The normalized spacial score (nSPS) is 11.4. The molecule has 2 N–H and O–H groups in total. The van der Waals surface area contributed by atoms with Crippen molar-refractivity contribution in [1.82, 2.24) is 0 Å². The first-order valence-electron chi connectivity index (χ1n) is 10.5. The van der Waals surface area contributed by atoms with Gasteiger partial charge in [-0.15, -0.1) is 0 Å². The Morgan fingerprint density at radius 3 is 1.67 bits per heavy atom. The topological polar surface area (TPSA) is 91.7 Å². The molecule has 0 aromatic carbocycles. The first kappa shape index (κ1) is 29.5. The van der Waals surface area contributed by atoms with Crippen LogP contribution in [-0.2, 0) is 14.9 Å². The fourth-order valence-electron chi connectivity index (χ4n) is 2.56. The summed E-state index contributed by atoms with van der Waals surface area (Å²) in [6.45, 7) is 1.74. The van der Waals surface area contributed by atoms with E-state index >= 15 is 0 Å². The van der Waals surface area contributed by atoms with Gasteiger partial charge in [0.2, 0.25) is 0 Å². The number of aliphatic hydroxyl groups excluding tert-OH is 1. The molecule has 0 bridgehead atoms. The third-order valence-electron chi connectivity index (χ3n) is 4.14. The molecule has 0 aromatic heterocycles. The van der Waals surface area contributed by atoms with Gasteiger partial charge in [0, 0.05) is 0 Å². The smallest absolute Gasteiger partial charge is 0.267 e. The largest absolute Gasteiger partial charge is 0.395 e. The summed E-state index contributed by atoms with van der Waals surface area (Å²) in [4.78, 5) is 10.8. The average Bonchev–Trinajstić information content (AvgIpc) is 2.57. The number of allylic oxidation sites excluding steroid dienone is 2. The molecule has 0 saturated heterocycles. The van der Waals surface area contributed by atoms with Gasteiger partial charge < -0.3 is 5.11 Å². The molecule has 0 saturated carbocycles. The van der Waals surface area contributed by atoms with Crippen molar-refractivity contribution in [1.29, 1.82) is 0 Å². The van der Waals surface area contributed by atoms with Crippen LogP contribution in [0.15, 0.2) is 12.2 Å². The molecule has 0 radical (unpaired) electrons. The van der Waals surface area contributed by atoms with E-state index in [4.69, 9.17) is 9.66 Å². The van der Waals surface area contributed by atoms with Crippen LogP contribution in [-0.4, -0.2) is 61.4 Å². The van der Waals surface area contributed by atoms with E-state index in [0.717, 1.165) is 40.8 Å². The maximum Gasteiger partial charge on any atom is 0.267 e. The van der Waals surface area contributed by atoms with Crippen LogP contribution in [0.25, 0.3) is 0 Å². The van der Waals surface area contributed by atoms with Gasteiger partial charge in [0.1, 0.15) is 0 Å². The van der Waals surface area contributed by atoms with Crippen LogP contribution in [0.3, 0.4) is 0 Å². The molecule has 5 nitrogen and oxygen atoms in total. The second-order valence-corrected chi connectivity index (χ2v) is 9.73. The Labute approximate surface area is 184 Å². The van der Waals surface area contributed by atoms with Crippen LogP contribution in [0.4, 0.5) is 0 Å². The number of aliphatic hydroxyl groups is 1. The number of carbonyl (C=O) groups excluding carboxylic acids is 1. The maximum atomic E-state index is 10.8. The third-order valence-corrected chi connectivity index (χ3v) is 5.34. The van der Waals surface area contributed by atoms with E-state index in [2.05, 4.69) is 19.1 Å². The number of hydrogen-bond acceptors (Lipinski definition) is 4. The van der Waals surface area contributed by atoms with E-state index in [0.29, 0.717) is 3.03 Å². The molecule has 27 heavy (non-hydrogen) atoms. The van der Waals surface area contributed by atoms with Gasteiger partial charge in [0.05, 0.1) is 12.4 Å². The Balaban J connectivity index is 0. The number of unbranched alkanes of at least 4 members (excludes halogenated alkanes) is 11. The van der Waals surface area contributed by atoms with Crippen molar-refractivity contribution < 1.29 is 22.9 Å². The first-order chi connectivity index (χ1) is 12.8. The second-order valence-electron chi connectivity index (χ2n) is 7.05. The summed E-state index contributed by atoms with van der Waals surface area (Å²) in [6, 6.07) is 0. The van der Waals surface area contributed by atoms with Crippen LogP contribution >= 0.6 is 0 Å². The van der Waals surface area contributed by atoms with Crippen molar-refractivity contribution in [2.24, 2.45) is 0 Å². The molecule has 0 atom stereocenters. The molecule has 0 spiro atoms. The molecular weight excluding hydrogens is 375 g/mol. The molecule has 0 unspecified atom stereocenters. The van der Waals surface area contributed by atoms with Gasteiger partial charge >= 0.3 is 106 Å². The van der Waals surface area contributed by atoms with E-state index < -0.39 is 22.5 Å². The van der Waals surface area contributed by atoms with E-state index in [9.17, 15) is 13.2 Å². The molecule has 0 aromatic rings. The van der Waals surface area contributed by atoms with Crippen LogP contribution in [0.5, 0.6) is 0 Å². The standard InChI is InChI=1S/C18H33O.C2H6O4S.Na/c1-2-3-4-5-6-7-8-9-10-11-12-13-14-15-16-17-18-19;3-1-2-7(4,5)6;/h9-10H,2-8,11-17H2,1H3;3H,1-2H2,(H,4,5,6);/b10-9-;;. The molecule has 156 valence electrons. The van der Waals surface area contributed by atoms with Gasteiger partial charge in [0.25, 0.3) is 10.1 Å². The number of hydrogen-bond donors (Lipinski definition) is 2. The van der Waals surface area contributed by atoms with Gasteiger partial charge in [-0.1, -0.05) is 39.0 Å². The third kappa shape index (κ3) is 34.2. The van der Waals surface area contributed by atoms with E-state index in [1.807, 2.05) is 0 Å². The fourth-order valence-corrected chi connectivity index (χ4v) is 3.14. The SMILES string of the molecule is CCCCCCCC/C=C\CCCCCCC[C](=O)[Na].O=S(=O)(O)CCO. The zero-order chi connectivity index (χ0) is 20.8. The van der Waals surface area contributed by atoms with Crippen molar-refractivity contribution in [3.63, 3.8) is 0 Å². The van der Waals surface area contributed by atoms with E-state index in [1.165, 1.54) is 77.0 Å². The summed E-state index contributed by atoms with van der Waals surface area (Å²) in [5.41, 5.74) is 0. The van der Waals surface area contributed by atoms with Crippen molar-refractivity contribution in [2.45, 2.75) is 96.8 Å². The minimum absolute atomic E-state index is 0.475. The minimum atomic E-state index is -3.92. The number of rotatable bonds is 17. The summed E-state index contributed by atoms with van der Waals surface area (Å²) in [5.74, 6) is -0.576. The molecule has 0 fully saturated rings. The van der Waals surface area contributed by atoms with Crippen molar-refractivity contribution in [3.05, 3.63) is 12.2 Å². The Hall–Kier alpha value is 0.280. The molecule has 0 aliphatic rings. The minimum Gasteiger partial charge on any atom is -0.395 e. The van der Waals surface area contributed by atoms with Crippen LogP contribution < -0.4 is 0 Å². The van der Waals surface area contributed by atoms with Crippen LogP contribution in [0, 0.1) is 0 Å². The van der Waals surface area contributed by atoms with E-state index in [-0.39, 0.29) is 0 Å². The van der Waals surface area contributed by atoms with Crippen LogP contribution in [0.2, 0.25) is 0 Å². The molecule has 0 heterocycles. The fraction of sp³-hybridized carbons (Fsp3) is 0.850. The van der Waals surface area contributed by atoms with Crippen LogP contribution in [0.1, 0.15) is 96.8 Å². The van der Waals surface area contributed by atoms with E-state index in [1.54, 1.807) is 0 Å². The molecule has 0 rings (SSSR count). The van der Waals surface area contributed by atoms with Crippen molar-refractivity contribution in [2.75, 3.05) is 12.4 Å². The Bertz CT molecular complexity index is 449. The quantitative estimate of drug-likeness (QED) is 0.157. The molecule has 7 heteroatoms. The average molecular weight is 415 g/mol. The summed E-state index contributed by atoms with van der Waals surface area (Å²) < 4.78 is 27.6. The van der Waals surface area contributed by atoms with Gasteiger partial charge in [-0.05, 0) is 0 Å². The van der Waals surface area contributed by atoms with Gasteiger partial charge in [0.15, 0.2) is 0 Å². The van der Waals surface area contributed by atoms with Crippen molar-refractivity contribution >= 4 is 41.1 Å².